The minimum atomic E-state index is -0.579. The number of rotatable bonds is 3. The fraction of sp³-hybridized carbons (Fsp3) is 0.450. The van der Waals surface area contributed by atoms with Crippen LogP contribution in [-0.2, 0) is 12.8 Å². The Labute approximate surface area is 159 Å². The third-order valence-corrected chi connectivity index (χ3v) is 6.14. The Balaban J connectivity index is 1.82. The second-order valence-corrected chi connectivity index (χ2v) is 8.17. The smallest absolute Gasteiger partial charge is 0.261 e. The first kappa shape index (κ1) is 17.6. The van der Waals surface area contributed by atoms with Gasteiger partial charge in [-0.15, -0.1) is 0 Å². The fourth-order valence-corrected chi connectivity index (χ4v) is 4.41. The molecule has 2 aromatic rings. The van der Waals surface area contributed by atoms with E-state index in [-0.39, 0.29) is 23.2 Å². The molecule has 1 fully saturated rings. The summed E-state index contributed by atoms with van der Waals surface area (Å²) in [7, 11) is 0. The molecule has 2 bridgehead atoms. The van der Waals surface area contributed by atoms with Crippen LogP contribution >= 0.6 is 15.9 Å². The van der Waals surface area contributed by atoms with Crippen LogP contribution in [-0.4, -0.2) is 15.8 Å². The van der Waals surface area contributed by atoms with E-state index in [1.807, 2.05) is 0 Å². The molecule has 138 valence electrons. The topological polar surface area (TPSA) is 51.5 Å². The summed E-state index contributed by atoms with van der Waals surface area (Å²) < 4.78 is 22.4. The van der Waals surface area contributed by atoms with Gasteiger partial charge in [0.25, 0.3) is 5.56 Å². The highest BCUT2D eigenvalue weighted by atomic mass is 79.9. The number of aromatic hydroxyl groups is 1. The Morgan fingerprint density at radius 3 is 2.69 bits per heavy atom. The molecular formula is C20H21BrFNO3. The summed E-state index contributed by atoms with van der Waals surface area (Å²) in [5.74, 6) is 0.173. The normalized spacial score (nSPS) is 21.8. The van der Waals surface area contributed by atoms with E-state index < -0.39 is 5.82 Å². The van der Waals surface area contributed by atoms with E-state index in [4.69, 9.17) is 4.74 Å². The second-order valence-electron chi connectivity index (χ2n) is 7.31. The number of nitrogens with zero attached hydrogens (tertiary/aromatic N) is 1. The second kappa shape index (κ2) is 6.72. The number of aromatic nitrogens is 1. The van der Waals surface area contributed by atoms with Gasteiger partial charge < -0.3 is 9.84 Å². The van der Waals surface area contributed by atoms with Gasteiger partial charge in [0.15, 0.2) is 0 Å². The van der Waals surface area contributed by atoms with Crippen molar-refractivity contribution in [1.82, 2.24) is 4.57 Å². The van der Waals surface area contributed by atoms with Crippen molar-refractivity contribution in [2.45, 2.75) is 51.6 Å². The summed E-state index contributed by atoms with van der Waals surface area (Å²) in [6.07, 6.45) is 5.42. The molecule has 0 amide bonds. The zero-order chi connectivity index (χ0) is 18.4. The van der Waals surface area contributed by atoms with Gasteiger partial charge >= 0.3 is 0 Å². The molecular weight excluding hydrogens is 401 g/mol. The van der Waals surface area contributed by atoms with E-state index in [1.54, 1.807) is 6.07 Å². The Hall–Kier alpha value is -1.82. The molecule has 2 atom stereocenters. The van der Waals surface area contributed by atoms with Crippen molar-refractivity contribution in [1.29, 1.82) is 0 Å². The van der Waals surface area contributed by atoms with Crippen molar-refractivity contribution in [2.75, 3.05) is 0 Å². The Morgan fingerprint density at radius 2 is 1.96 bits per heavy atom. The lowest BCUT2D eigenvalue weighted by molar-refractivity contribution is 0.166. The number of ether oxygens (including phenoxy) is 1. The summed E-state index contributed by atoms with van der Waals surface area (Å²) in [6, 6.07) is 4.54. The molecule has 1 saturated carbocycles. The first-order chi connectivity index (χ1) is 12.5. The zero-order valence-electron chi connectivity index (χ0n) is 14.6. The van der Waals surface area contributed by atoms with Crippen molar-refractivity contribution in [3.63, 3.8) is 0 Å². The van der Waals surface area contributed by atoms with Crippen molar-refractivity contribution in [3.05, 3.63) is 50.0 Å². The van der Waals surface area contributed by atoms with Crippen LogP contribution in [0.25, 0.3) is 5.69 Å². The molecule has 26 heavy (non-hydrogen) atoms. The SMILES string of the molecule is CC1CCCC1Oc1cc(-n2c(O)c3cc(c2=O)CCC3)c(F)cc1Br. The van der Waals surface area contributed by atoms with E-state index in [2.05, 4.69) is 22.9 Å². The third-order valence-electron chi connectivity index (χ3n) is 5.52. The van der Waals surface area contributed by atoms with Crippen molar-refractivity contribution in [2.24, 2.45) is 5.92 Å². The van der Waals surface area contributed by atoms with Crippen LogP contribution in [0, 0.1) is 11.7 Å². The predicted molar refractivity (Wildman–Crippen MR) is 101 cm³/mol. The molecule has 6 heteroatoms. The molecule has 4 rings (SSSR count). The lowest BCUT2D eigenvalue weighted by atomic mass is 9.97. The molecule has 2 aliphatic carbocycles. The van der Waals surface area contributed by atoms with Crippen LogP contribution < -0.4 is 10.3 Å². The molecule has 4 nitrogen and oxygen atoms in total. The van der Waals surface area contributed by atoms with Gasteiger partial charge in [0.2, 0.25) is 5.88 Å². The molecule has 0 radical (unpaired) electrons. The number of hydrogen-bond donors (Lipinski definition) is 1. The van der Waals surface area contributed by atoms with Crippen LogP contribution in [0.4, 0.5) is 4.39 Å². The van der Waals surface area contributed by atoms with E-state index in [0.717, 1.165) is 30.3 Å². The van der Waals surface area contributed by atoms with Crippen LogP contribution in [0.5, 0.6) is 11.6 Å². The number of halogens is 2. The first-order valence-electron chi connectivity index (χ1n) is 9.08. The van der Waals surface area contributed by atoms with Gasteiger partial charge in [-0.3, -0.25) is 4.79 Å². The van der Waals surface area contributed by atoms with Crippen LogP contribution in [0.2, 0.25) is 0 Å². The third kappa shape index (κ3) is 2.94. The Morgan fingerprint density at radius 1 is 1.19 bits per heavy atom. The number of aryl methyl sites for hydroxylation is 2. The fourth-order valence-electron chi connectivity index (χ4n) is 4.01. The lowest BCUT2D eigenvalue weighted by Gasteiger charge is -2.22. The number of fused-ring (bicyclic) bond motifs is 2. The van der Waals surface area contributed by atoms with Gasteiger partial charge in [-0.25, -0.2) is 8.96 Å². The molecule has 0 spiro atoms. The highest BCUT2D eigenvalue weighted by molar-refractivity contribution is 9.10. The minimum Gasteiger partial charge on any atom is -0.494 e. The Kier molecular flexibility index (Phi) is 4.55. The van der Waals surface area contributed by atoms with Gasteiger partial charge in [-0.2, -0.15) is 0 Å². The van der Waals surface area contributed by atoms with E-state index in [1.165, 1.54) is 12.1 Å². The molecule has 2 aliphatic rings. The quantitative estimate of drug-likeness (QED) is 0.793. The highest BCUT2D eigenvalue weighted by Crippen LogP contribution is 2.36. The van der Waals surface area contributed by atoms with Crippen molar-refractivity contribution >= 4 is 15.9 Å². The molecule has 0 saturated heterocycles. The van der Waals surface area contributed by atoms with Gasteiger partial charge in [-0.1, -0.05) is 6.92 Å². The van der Waals surface area contributed by atoms with E-state index >= 15 is 0 Å². The van der Waals surface area contributed by atoms with Gasteiger partial charge in [0.05, 0.1) is 10.2 Å². The van der Waals surface area contributed by atoms with E-state index in [9.17, 15) is 14.3 Å². The number of pyridine rings is 1. The molecule has 1 heterocycles. The summed E-state index contributed by atoms with van der Waals surface area (Å²) in [6.45, 7) is 2.15. The predicted octanol–water partition coefficient (Wildman–Crippen LogP) is 4.50. The van der Waals surface area contributed by atoms with Gasteiger partial charge in [-0.05, 0) is 72.5 Å². The molecule has 2 unspecified atom stereocenters. The summed E-state index contributed by atoms with van der Waals surface area (Å²) in [5, 5.41) is 10.5. The monoisotopic (exact) mass is 421 g/mol. The average Bonchev–Trinajstić information content (AvgIpc) is 3.02. The minimum absolute atomic E-state index is 0.0290. The average molecular weight is 422 g/mol. The standard InChI is InChI=1S/C20H21BrFNO3/c1-11-4-2-7-17(11)26-18-10-16(15(22)9-14(18)21)23-19(24)12-5-3-6-13(8-12)20(23)25/h8-11,17,24H,2-7H2,1H3. The summed E-state index contributed by atoms with van der Waals surface area (Å²) in [4.78, 5) is 12.7. The van der Waals surface area contributed by atoms with Crippen LogP contribution in [0.3, 0.4) is 0 Å². The van der Waals surface area contributed by atoms with Crippen molar-refractivity contribution < 1.29 is 14.2 Å². The number of benzene rings is 1. The summed E-state index contributed by atoms with van der Waals surface area (Å²) in [5.41, 5.74) is 0.951. The maximum absolute atomic E-state index is 14.7. The van der Waals surface area contributed by atoms with E-state index in [0.29, 0.717) is 40.1 Å². The van der Waals surface area contributed by atoms with Crippen LogP contribution in [0.1, 0.15) is 43.7 Å². The Bertz CT molecular complexity index is 924. The first-order valence-corrected chi connectivity index (χ1v) is 9.88. The molecule has 1 aromatic heterocycles. The van der Waals surface area contributed by atoms with Gasteiger partial charge in [0, 0.05) is 17.2 Å². The van der Waals surface area contributed by atoms with Gasteiger partial charge in [0.1, 0.15) is 17.7 Å². The largest absolute Gasteiger partial charge is 0.494 e. The van der Waals surface area contributed by atoms with Crippen LogP contribution in [0.15, 0.2) is 27.5 Å². The molecule has 1 aromatic carbocycles. The maximum atomic E-state index is 14.7. The lowest BCUT2D eigenvalue weighted by Crippen LogP contribution is -2.26. The molecule has 0 aliphatic heterocycles. The zero-order valence-corrected chi connectivity index (χ0v) is 16.2. The highest BCUT2D eigenvalue weighted by Gasteiger charge is 2.27. The summed E-state index contributed by atoms with van der Waals surface area (Å²) >= 11 is 3.36. The molecule has 1 N–H and O–H groups in total. The number of hydrogen-bond acceptors (Lipinski definition) is 3. The van der Waals surface area contributed by atoms with Crippen molar-refractivity contribution in [3.8, 4) is 17.3 Å². The maximum Gasteiger partial charge on any atom is 0.261 e.